The molecule has 2 aromatic heterocycles. The molecule has 0 radical (unpaired) electrons. The van der Waals surface area contributed by atoms with E-state index in [9.17, 15) is 0 Å². The molecule has 1 fully saturated rings. The summed E-state index contributed by atoms with van der Waals surface area (Å²) in [5, 5.41) is 0. The van der Waals surface area contributed by atoms with E-state index in [1.54, 1.807) is 0 Å². The number of aryl methyl sites for hydroxylation is 1. The van der Waals surface area contributed by atoms with Crippen LogP contribution in [-0.4, -0.2) is 9.97 Å². The van der Waals surface area contributed by atoms with E-state index < -0.39 is 0 Å². The zero-order chi connectivity index (χ0) is 15.1. The lowest BCUT2D eigenvalue weighted by Gasteiger charge is -2.11. The summed E-state index contributed by atoms with van der Waals surface area (Å²) >= 11 is 0. The van der Waals surface area contributed by atoms with Crippen molar-refractivity contribution in [3.8, 4) is 0 Å². The van der Waals surface area contributed by atoms with E-state index in [0.717, 1.165) is 11.8 Å². The molecule has 0 bridgehead atoms. The van der Waals surface area contributed by atoms with E-state index >= 15 is 0 Å². The summed E-state index contributed by atoms with van der Waals surface area (Å²) in [7, 11) is 0. The highest BCUT2D eigenvalue weighted by atomic mass is 14.7. The van der Waals surface area contributed by atoms with Crippen LogP contribution in [0.25, 0.3) is 0 Å². The van der Waals surface area contributed by atoms with Crippen LogP contribution in [0.2, 0.25) is 0 Å². The van der Waals surface area contributed by atoms with Crippen molar-refractivity contribution in [3.05, 3.63) is 59.2 Å². The summed E-state index contributed by atoms with van der Waals surface area (Å²) in [5.74, 6) is 2.81. The van der Waals surface area contributed by atoms with Crippen molar-refractivity contribution in [2.75, 3.05) is 0 Å². The molecule has 0 aromatic carbocycles. The number of aromatic nitrogens is 2. The molecule has 2 heterocycles. The number of rotatable bonds is 4. The van der Waals surface area contributed by atoms with Gasteiger partial charge in [-0.3, -0.25) is 9.97 Å². The van der Waals surface area contributed by atoms with Crippen molar-refractivity contribution in [1.82, 2.24) is 9.97 Å². The lowest BCUT2D eigenvalue weighted by atomic mass is 9.96. The molecule has 0 spiro atoms. The molecule has 4 rings (SSSR count). The second kappa shape index (κ2) is 5.49. The fraction of sp³-hybridized carbons (Fsp3) is 0.500. The maximum Gasteiger partial charge on any atom is 0.0466 e. The Morgan fingerprint density at radius 2 is 2.09 bits per heavy atom. The van der Waals surface area contributed by atoms with Crippen LogP contribution >= 0.6 is 0 Å². The quantitative estimate of drug-likeness (QED) is 0.807. The van der Waals surface area contributed by atoms with E-state index in [-0.39, 0.29) is 0 Å². The second-order valence-corrected chi connectivity index (χ2v) is 7.29. The maximum absolute atomic E-state index is 4.65. The highest BCUT2D eigenvalue weighted by molar-refractivity contribution is 5.31. The molecule has 1 saturated carbocycles. The van der Waals surface area contributed by atoms with Crippen LogP contribution in [-0.2, 0) is 6.42 Å². The largest absolute Gasteiger partial charge is 0.261 e. The zero-order valence-electron chi connectivity index (χ0n) is 13.5. The third-order valence-corrected chi connectivity index (χ3v) is 5.41. The van der Waals surface area contributed by atoms with Crippen LogP contribution in [0.3, 0.4) is 0 Å². The van der Waals surface area contributed by atoms with Gasteiger partial charge in [0.1, 0.15) is 0 Å². The molecule has 2 nitrogen and oxygen atoms in total. The fourth-order valence-corrected chi connectivity index (χ4v) is 4.02. The van der Waals surface area contributed by atoms with Gasteiger partial charge in [0.25, 0.3) is 0 Å². The molecule has 0 saturated heterocycles. The molecule has 0 N–H and O–H groups in total. The summed E-state index contributed by atoms with van der Waals surface area (Å²) in [6.45, 7) is 4.44. The van der Waals surface area contributed by atoms with Gasteiger partial charge in [-0.2, -0.15) is 0 Å². The Labute approximate surface area is 133 Å². The highest BCUT2D eigenvalue weighted by Crippen LogP contribution is 2.53. The predicted octanol–water partition coefficient (Wildman–Crippen LogP) is 4.82. The topological polar surface area (TPSA) is 25.8 Å². The Morgan fingerprint density at radius 1 is 1.18 bits per heavy atom. The first-order valence-electron chi connectivity index (χ1n) is 8.62. The maximum atomic E-state index is 4.65. The first-order valence-corrected chi connectivity index (χ1v) is 8.62. The molecule has 0 aliphatic heterocycles. The Hall–Kier alpha value is -1.70. The Morgan fingerprint density at radius 3 is 2.95 bits per heavy atom. The van der Waals surface area contributed by atoms with E-state index in [0.29, 0.717) is 11.8 Å². The standard InChI is InChI=1S/C20H24N2/c1-13(2)19-12-15(7-9-21-19)18-11-17(18)10-16-6-5-14-4-3-8-22-20(14)16/h3-4,7-9,12-13,16-18H,5-6,10-11H2,1-2H3. The molecule has 2 aromatic rings. The predicted molar refractivity (Wildman–Crippen MR) is 89.1 cm³/mol. The van der Waals surface area contributed by atoms with Crippen LogP contribution in [0.5, 0.6) is 0 Å². The molecular formula is C20H24N2. The summed E-state index contributed by atoms with van der Waals surface area (Å²) in [6.07, 6.45) is 9.13. The minimum atomic E-state index is 0.517. The monoisotopic (exact) mass is 292 g/mol. The number of nitrogens with zero attached hydrogens (tertiary/aromatic N) is 2. The van der Waals surface area contributed by atoms with Crippen molar-refractivity contribution < 1.29 is 0 Å². The van der Waals surface area contributed by atoms with Crippen LogP contribution in [0.1, 0.15) is 73.4 Å². The highest BCUT2D eigenvalue weighted by Gasteiger charge is 2.41. The van der Waals surface area contributed by atoms with Crippen molar-refractivity contribution in [1.29, 1.82) is 0 Å². The molecule has 2 heteroatoms. The molecule has 114 valence electrons. The minimum absolute atomic E-state index is 0.517. The summed E-state index contributed by atoms with van der Waals surface area (Å²) in [5.41, 5.74) is 5.60. The molecule has 0 amide bonds. The number of pyridine rings is 2. The molecule has 3 unspecified atom stereocenters. The number of hydrogen-bond donors (Lipinski definition) is 0. The summed E-state index contributed by atoms with van der Waals surface area (Å²) in [4.78, 5) is 9.14. The molecule has 2 aliphatic carbocycles. The third-order valence-electron chi connectivity index (χ3n) is 5.41. The van der Waals surface area contributed by atoms with Gasteiger partial charge in [-0.15, -0.1) is 0 Å². The Bertz CT molecular complexity index is 677. The van der Waals surface area contributed by atoms with Gasteiger partial charge >= 0.3 is 0 Å². The van der Waals surface area contributed by atoms with Crippen LogP contribution < -0.4 is 0 Å². The Balaban J connectivity index is 1.44. The lowest BCUT2D eigenvalue weighted by molar-refractivity contribution is 0.555. The summed E-state index contributed by atoms with van der Waals surface area (Å²) < 4.78 is 0. The molecular weight excluding hydrogens is 268 g/mol. The zero-order valence-corrected chi connectivity index (χ0v) is 13.5. The van der Waals surface area contributed by atoms with Crippen molar-refractivity contribution in [3.63, 3.8) is 0 Å². The van der Waals surface area contributed by atoms with Gasteiger partial charge < -0.3 is 0 Å². The average Bonchev–Trinajstić information content (AvgIpc) is 3.20. The van der Waals surface area contributed by atoms with Gasteiger partial charge in [-0.1, -0.05) is 19.9 Å². The van der Waals surface area contributed by atoms with Gasteiger partial charge in [-0.05, 0) is 72.8 Å². The van der Waals surface area contributed by atoms with E-state index in [1.807, 2.05) is 12.4 Å². The SMILES string of the molecule is CC(C)c1cc(C2CC2CC2CCc3cccnc32)ccn1. The van der Waals surface area contributed by atoms with Crippen molar-refractivity contribution in [2.45, 2.75) is 57.3 Å². The van der Waals surface area contributed by atoms with Gasteiger partial charge in [-0.25, -0.2) is 0 Å². The summed E-state index contributed by atoms with van der Waals surface area (Å²) in [6, 6.07) is 8.88. The first-order chi connectivity index (χ1) is 10.7. The fourth-order valence-electron chi connectivity index (χ4n) is 4.02. The number of hydrogen-bond acceptors (Lipinski definition) is 2. The van der Waals surface area contributed by atoms with Crippen molar-refractivity contribution >= 4 is 0 Å². The third kappa shape index (κ3) is 2.55. The molecule has 22 heavy (non-hydrogen) atoms. The average molecular weight is 292 g/mol. The van der Waals surface area contributed by atoms with E-state index in [1.165, 1.54) is 48.2 Å². The van der Waals surface area contributed by atoms with E-state index in [4.69, 9.17) is 0 Å². The minimum Gasteiger partial charge on any atom is -0.261 e. The lowest BCUT2D eigenvalue weighted by Crippen LogP contribution is -1.99. The van der Waals surface area contributed by atoms with Gasteiger partial charge in [0.2, 0.25) is 0 Å². The van der Waals surface area contributed by atoms with Crippen molar-refractivity contribution in [2.24, 2.45) is 5.92 Å². The molecule has 3 atom stereocenters. The van der Waals surface area contributed by atoms with Crippen LogP contribution in [0.4, 0.5) is 0 Å². The van der Waals surface area contributed by atoms with Gasteiger partial charge in [0.05, 0.1) is 0 Å². The number of fused-ring (bicyclic) bond motifs is 1. The van der Waals surface area contributed by atoms with Crippen LogP contribution in [0.15, 0.2) is 36.7 Å². The normalized spacial score (nSPS) is 26.2. The second-order valence-electron chi connectivity index (χ2n) is 7.29. The van der Waals surface area contributed by atoms with E-state index in [2.05, 4.69) is 48.1 Å². The van der Waals surface area contributed by atoms with Gasteiger partial charge in [0.15, 0.2) is 0 Å². The Kier molecular flexibility index (Phi) is 3.48. The first kappa shape index (κ1) is 13.9. The van der Waals surface area contributed by atoms with Gasteiger partial charge in [0, 0.05) is 29.7 Å². The van der Waals surface area contributed by atoms with Crippen LogP contribution in [0, 0.1) is 5.92 Å². The smallest absolute Gasteiger partial charge is 0.0466 e. The molecule has 2 aliphatic rings.